The van der Waals surface area contributed by atoms with Gasteiger partial charge in [-0.1, -0.05) is 30.0 Å². The lowest BCUT2D eigenvalue weighted by molar-refractivity contribution is -0.137. The molecule has 0 bridgehead atoms. The van der Waals surface area contributed by atoms with Crippen LogP contribution in [0.1, 0.15) is 18.1 Å². The molecule has 0 fully saturated rings. The van der Waals surface area contributed by atoms with E-state index in [2.05, 4.69) is 10.2 Å². The maximum atomic E-state index is 13.1. The Morgan fingerprint density at radius 2 is 1.62 bits per heavy atom. The lowest BCUT2D eigenvalue weighted by Crippen LogP contribution is -2.05. The molecule has 0 saturated heterocycles. The predicted octanol–water partition coefficient (Wildman–Crippen LogP) is 6.65. The number of nitrogens with zero attached hydrogens (tertiary/aromatic N) is 3. The highest BCUT2D eigenvalue weighted by molar-refractivity contribution is 7.98. The second-order valence-corrected chi connectivity index (χ2v) is 8.23. The molecule has 0 amide bonds. The first-order valence-corrected chi connectivity index (χ1v) is 11.5. The van der Waals surface area contributed by atoms with E-state index in [0.29, 0.717) is 28.9 Å². The number of methoxy groups -OCH3 is 1. The van der Waals surface area contributed by atoms with Gasteiger partial charge < -0.3 is 9.47 Å². The van der Waals surface area contributed by atoms with Gasteiger partial charge in [-0.25, -0.2) is 0 Å². The van der Waals surface area contributed by atoms with Gasteiger partial charge in [0.05, 0.1) is 19.3 Å². The molecule has 1 heterocycles. The van der Waals surface area contributed by atoms with E-state index in [0.717, 1.165) is 34.9 Å². The minimum atomic E-state index is -4.38. The Balaban J connectivity index is 1.68. The molecule has 0 radical (unpaired) electrons. The van der Waals surface area contributed by atoms with Gasteiger partial charge in [-0.2, -0.15) is 13.2 Å². The van der Waals surface area contributed by atoms with Gasteiger partial charge in [0.1, 0.15) is 11.5 Å². The second kappa shape index (κ2) is 10.2. The zero-order valence-corrected chi connectivity index (χ0v) is 19.4. The van der Waals surface area contributed by atoms with Crippen molar-refractivity contribution in [2.45, 2.75) is 24.0 Å². The van der Waals surface area contributed by atoms with Gasteiger partial charge in [-0.3, -0.25) is 4.57 Å². The Hall–Kier alpha value is -3.46. The first kappa shape index (κ1) is 23.7. The minimum absolute atomic E-state index is 0.307. The van der Waals surface area contributed by atoms with Crippen molar-refractivity contribution < 1.29 is 22.6 Å². The molecule has 9 heteroatoms. The van der Waals surface area contributed by atoms with E-state index >= 15 is 0 Å². The predicted molar refractivity (Wildman–Crippen MR) is 126 cm³/mol. The van der Waals surface area contributed by atoms with Crippen LogP contribution in [0.4, 0.5) is 13.2 Å². The monoisotopic (exact) mass is 485 g/mol. The van der Waals surface area contributed by atoms with E-state index < -0.39 is 11.7 Å². The fraction of sp³-hybridized carbons (Fsp3) is 0.200. The molecule has 0 aliphatic heterocycles. The maximum Gasteiger partial charge on any atom is 0.416 e. The van der Waals surface area contributed by atoms with Crippen molar-refractivity contribution in [1.29, 1.82) is 0 Å². The van der Waals surface area contributed by atoms with E-state index in [4.69, 9.17) is 9.47 Å². The smallest absolute Gasteiger partial charge is 0.416 e. The number of halogens is 3. The minimum Gasteiger partial charge on any atom is -0.497 e. The number of thioether (sulfide) groups is 1. The largest absolute Gasteiger partial charge is 0.497 e. The molecular weight excluding hydrogens is 463 g/mol. The zero-order valence-electron chi connectivity index (χ0n) is 18.5. The summed E-state index contributed by atoms with van der Waals surface area (Å²) in [4.78, 5) is 0. The van der Waals surface area contributed by atoms with Crippen LogP contribution in [0.5, 0.6) is 11.5 Å². The van der Waals surface area contributed by atoms with Crippen LogP contribution in [0, 0.1) is 0 Å². The summed E-state index contributed by atoms with van der Waals surface area (Å²) in [6, 6.07) is 20.3. The van der Waals surface area contributed by atoms with Gasteiger partial charge in [0.15, 0.2) is 11.0 Å². The van der Waals surface area contributed by atoms with Crippen molar-refractivity contribution in [3.63, 3.8) is 0 Å². The highest BCUT2D eigenvalue weighted by Gasteiger charge is 2.30. The molecule has 0 saturated carbocycles. The highest BCUT2D eigenvalue weighted by Crippen LogP contribution is 2.33. The lowest BCUT2D eigenvalue weighted by Gasteiger charge is -2.12. The van der Waals surface area contributed by atoms with Crippen LogP contribution in [-0.2, 0) is 11.9 Å². The first-order chi connectivity index (χ1) is 16.4. The number of aromatic nitrogens is 3. The van der Waals surface area contributed by atoms with Crippen LogP contribution in [-0.4, -0.2) is 28.5 Å². The molecule has 4 rings (SSSR count). The quantitative estimate of drug-likeness (QED) is 0.262. The van der Waals surface area contributed by atoms with Crippen molar-refractivity contribution >= 4 is 11.8 Å². The van der Waals surface area contributed by atoms with Crippen molar-refractivity contribution in [3.05, 3.63) is 83.9 Å². The fourth-order valence-corrected chi connectivity index (χ4v) is 4.26. The molecule has 1 aromatic heterocycles. The standard InChI is InChI=1S/C25H22F3N3O2S/c1-3-33-22-13-9-20(10-14-22)31-23(18-7-11-21(32-2)12-8-18)29-30-24(31)34-16-17-5-4-6-19(15-17)25(26,27)28/h4-15H,3,16H2,1-2H3. The van der Waals surface area contributed by atoms with E-state index in [-0.39, 0.29) is 0 Å². The van der Waals surface area contributed by atoms with Gasteiger partial charge in [-0.15, -0.1) is 10.2 Å². The summed E-state index contributed by atoms with van der Waals surface area (Å²) in [6.07, 6.45) is -4.38. The van der Waals surface area contributed by atoms with Crippen LogP contribution in [0.2, 0.25) is 0 Å². The SMILES string of the molecule is CCOc1ccc(-n2c(SCc3cccc(C(F)(F)F)c3)nnc2-c2ccc(OC)cc2)cc1. The van der Waals surface area contributed by atoms with Crippen molar-refractivity contribution in [1.82, 2.24) is 14.8 Å². The van der Waals surface area contributed by atoms with E-state index in [9.17, 15) is 13.2 Å². The molecule has 176 valence electrons. The number of ether oxygens (including phenoxy) is 2. The van der Waals surface area contributed by atoms with Crippen LogP contribution in [0.15, 0.2) is 78.0 Å². The number of hydrogen-bond donors (Lipinski definition) is 0. The zero-order chi connectivity index (χ0) is 24.1. The molecule has 3 aromatic carbocycles. The molecule has 34 heavy (non-hydrogen) atoms. The summed E-state index contributed by atoms with van der Waals surface area (Å²) >= 11 is 1.32. The van der Waals surface area contributed by atoms with Crippen LogP contribution in [0.3, 0.4) is 0 Å². The third-order valence-corrected chi connectivity index (χ3v) is 6.01. The summed E-state index contributed by atoms with van der Waals surface area (Å²) in [5, 5.41) is 9.30. The maximum absolute atomic E-state index is 13.1. The topological polar surface area (TPSA) is 49.2 Å². The number of alkyl halides is 3. The lowest BCUT2D eigenvalue weighted by atomic mass is 10.1. The van der Waals surface area contributed by atoms with Gasteiger partial charge in [0, 0.05) is 17.0 Å². The Kier molecular flexibility index (Phi) is 7.12. The summed E-state index contributed by atoms with van der Waals surface area (Å²) in [5.74, 6) is 2.37. The Morgan fingerprint density at radius 1 is 0.912 bits per heavy atom. The van der Waals surface area contributed by atoms with Crippen LogP contribution >= 0.6 is 11.8 Å². The number of rotatable bonds is 8. The molecule has 0 aliphatic rings. The molecule has 0 atom stereocenters. The third kappa shape index (κ3) is 5.36. The number of benzene rings is 3. The summed E-state index contributed by atoms with van der Waals surface area (Å²) in [5.41, 5.74) is 1.52. The highest BCUT2D eigenvalue weighted by atomic mass is 32.2. The molecule has 0 aliphatic carbocycles. The molecule has 4 aromatic rings. The van der Waals surface area contributed by atoms with Gasteiger partial charge >= 0.3 is 6.18 Å². The fourth-order valence-electron chi connectivity index (χ4n) is 3.37. The summed E-state index contributed by atoms with van der Waals surface area (Å²) < 4.78 is 52.0. The Labute approximate surface area is 199 Å². The van der Waals surface area contributed by atoms with E-state index in [1.165, 1.54) is 17.8 Å². The van der Waals surface area contributed by atoms with Crippen LogP contribution < -0.4 is 9.47 Å². The number of hydrogen-bond acceptors (Lipinski definition) is 5. The van der Waals surface area contributed by atoms with Gasteiger partial charge in [0.2, 0.25) is 0 Å². The third-order valence-electron chi connectivity index (χ3n) is 5.01. The normalized spacial score (nSPS) is 11.4. The first-order valence-electron chi connectivity index (χ1n) is 10.5. The summed E-state index contributed by atoms with van der Waals surface area (Å²) in [6.45, 7) is 2.47. The average molecular weight is 486 g/mol. The van der Waals surface area contributed by atoms with E-state index in [1.807, 2.05) is 60.0 Å². The Morgan fingerprint density at radius 3 is 2.26 bits per heavy atom. The molecule has 5 nitrogen and oxygen atoms in total. The van der Waals surface area contributed by atoms with Crippen molar-refractivity contribution in [3.8, 4) is 28.6 Å². The van der Waals surface area contributed by atoms with Crippen molar-refractivity contribution in [2.75, 3.05) is 13.7 Å². The summed E-state index contributed by atoms with van der Waals surface area (Å²) in [7, 11) is 1.60. The van der Waals surface area contributed by atoms with Gasteiger partial charge in [0.25, 0.3) is 0 Å². The Bertz CT molecular complexity index is 1240. The average Bonchev–Trinajstić information content (AvgIpc) is 3.27. The molecular formula is C25H22F3N3O2S. The van der Waals surface area contributed by atoms with Crippen molar-refractivity contribution in [2.24, 2.45) is 0 Å². The molecule has 0 spiro atoms. The van der Waals surface area contributed by atoms with Crippen LogP contribution in [0.25, 0.3) is 17.1 Å². The van der Waals surface area contributed by atoms with Gasteiger partial charge in [-0.05, 0) is 67.1 Å². The van der Waals surface area contributed by atoms with E-state index in [1.54, 1.807) is 13.2 Å². The second-order valence-electron chi connectivity index (χ2n) is 7.28. The molecule has 0 unspecified atom stereocenters. The molecule has 0 N–H and O–H groups in total.